The molecule has 0 aliphatic rings. The smallest absolute Gasteiger partial charge is 0.307 e. The lowest BCUT2D eigenvalue weighted by Crippen LogP contribution is -1.93. The number of nitrogens with zero attached hydrogens (tertiary/aromatic N) is 2. The van der Waals surface area contributed by atoms with Crippen molar-refractivity contribution >= 4 is 32.9 Å². The van der Waals surface area contributed by atoms with Crippen molar-refractivity contribution in [1.82, 2.24) is 9.55 Å². The molecule has 0 N–H and O–H groups in total. The normalized spacial score (nSPS) is 11.6. The van der Waals surface area contributed by atoms with Crippen LogP contribution in [0.2, 0.25) is 0 Å². The van der Waals surface area contributed by atoms with Gasteiger partial charge in [-0.25, -0.2) is 0 Å². The van der Waals surface area contributed by atoms with E-state index in [0.717, 1.165) is 22.1 Å². The molecule has 2 heterocycles. The van der Waals surface area contributed by atoms with Gasteiger partial charge in [0.2, 0.25) is 0 Å². The zero-order valence-electron chi connectivity index (χ0n) is 11.7. The van der Waals surface area contributed by atoms with Crippen molar-refractivity contribution in [3.63, 3.8) is 0 Å². The predicted octanol–water partition coefficient (Wildman–Crippen LogP) is 4.92. The monoisotopic (exact) mass is 284 g/mol. The lowest BCUT2D eigenvalue weighted by molar-refractivity contribution is 0.574. The molecule has 0 atom stereocenters. The number of aromatic nitrogens is 2. The minimum absolute atomic E-state index is 0.610. The highest BCUT2D eigenvalue weighted by atomic mass is 16.4. The summed E-state index contributed by atoms with van der Waals surface area (Å²) in [5.74, 6) is 0. The van der Waals surface area contributed by atoms with E-state index in [4.69, 9.17) is 4.42 Å². The number of hydrogen-bond acceptors (Lipinski definition) is 2. The molecule has 2 aromatic heterocycles. The second-order valence-electron chi connectivity index (χ2n) is 5.33. The van der Waals surface area contributed by atoms with E-state index in [1.54, 1.807) is 0 Å². The molecule has 104 valence electrons. The average Bonchev–Trinajstić information content (AvgIpc) is 3.13. The Morgan fingerprint density at radius 3 is 1.95 bits per heavy atom. The van der Waals surface area contributed by atoms with Crippen LogP contribution in [-0.4, -0.2) is 9.55 Å². The van der Waals surface area contributed by atoms with E-state index < -0.39 is 0 Å². The Morgan fingerprint density at radius 1 is 0.682 bits per heavy atom. The molecule has 0 bridgehead atoms. The standard InChI is InChI=1S/C19H12N2O/c1-4-10-16-13(7-1)14-8-2-5-11-17(14)21(16)19-20-15-9-3-6-12-18(15)22-19/h1-12H. The minimum atomic E-state index is 0.610. The molecule has 0 aliphatic carbocycles. The molecule has 0 unspecified atom stereocenters. The van der Waals surface area contributed by atoms with E-state index in [9.17, 15) is 0 Å². The maximum absolute atomic E-state index is 5.98. The second kappa shape index (κ2) is 4.21. The van der Waals surface area contributed by atoms with Gasteiger partial charge >= 0.3 is 6.01 Å². The van der Waals surface area contributed by atoms with E-state index >= 15 is 0 Å². The van der Waals surface area contributed by atoms with Gasteiger partial charge in [-0.05, 0) is 24.3 Å². The molecule has 5 rings (SSSR count). The first-order valence-electron chi connectivity index (χ1n) is 7.26. The Balaban J connectivity index is 1.96. The van der Waals surface area contributed by atoms with Gasteiger partial charge in [-0.15, -0.1) is 0 Å². The van der Waals surface area contributed by atoms with Crippen LogP contribution in [0.4, 0.5) is 0 Å². The molecule has 3 heteroatoms. The van der Waals surface area contributed by atoms with E-state index in [1.165, 1.54) is 10.8 Å². The van der Waals surface area contributed by atoms with Gasteiger partial charge in [-0.1, -0.05) is 48.5 Å². The van der Waals surface area contributed by atoms with Gasteiger partial charge in [0.1, 0.15) is 5.52 Å². The zero-order chi connectivity index (χ0) is 14.5. The van der Waals surface area contributed by atoms with Crippen LogP contribution in [0, 0.1) is 0 Å². The molecule has 22 heavy (non-hydrogen) atoms. The van der Waals surface area contributed by atoms with Crippen LogP contribution in [0.1, 0.15) is 0 Å². The molecule has 5 aromatic rings. The van der Waals surface area contributed by atoms with Crippen molar-refractivity contribution in [3.05, 3.63) is 72.8 Å². The Morgan fingerprint density at radius 2 is 1.27 bits per heavy atom. The quantitative estimate of drug-likeness (QED) is 0.437. The van der Waals surface area contributed by atoms with E-state index in [-0.39, 0.29) is 0 Å². The number of hydrogen-bond donors (Lipinski definition) is 0. The SMILES string of the molecule is c1ccc2oc(-n3c4ccccc4c4ccccc43)nc2c1. The highest BCUT2D eigenvalue weighted by molar-refractivity contribution is 6.08. The van der Waals surface area contributed by atoms with Gasteiger partial charge in [0.25, 0.3) is 0 Å². The van der Waals surface area contributed by atoms with Crippen molar-refractivity contribution in [1.29, 1.82) is 0 Å². The molecule has 0 saturated carbocycles. The van der Waals surface area contributed by atoms with E-state index in [1.807, 2.05) is 36.4 Å². The fourth-order valence-corrected chi connectivity index (χ4v) is 3.08. The Hall–Kier alpha value is -3.07. The van der Waals surface area contributed by atoms with Gasteiger partial charge in [-0.2, -0.15) is 4.98 Å². The lowest BCUT2D eigenvalue weighted by atomic mass is 10.2. The molecule has 0 amide bonds. The van der Waals surface area contributed by atoms with Gasteiger partial charge in [-0.3, -0.25) is 4.57 Å². The topological polar surface area (TPSA) is 31.0 Å². The number of benzene rings is 3. The summed E-state index contributed by atoms with van der Waals surface area (Å²) in [7, 11) is 0. The van der Waals surface area contributed by atoms with Gasteiger partial charge in [0.05, 0.1) is 11.0 Å². The number of para-hydroxylation sites is 4. The van der Waals surface area contributed by atoms with Crippen LogP contribution >= 0.6 is 0 Å². The van der Waals surface area contributed by atoms with Gasteiger partial charge in [0.15, 0.2) is 5.58 Å². The van der Waals surface area contributed by atoms with Gasteiger partial charge < -0.3 is 4.42 Å². The molecule has 0 saturated heterocycles. The van der Waals surface area contributed by atoms with Crippen molar-refractivity contribution in [2.24, 2.45) is 0 Å². The summed E-state index contributed by atoms with van der Waals surface area (Å²) in [6, 6.07) is 25.1. The molecule has 0 fully saturated rings. The summed E-state index contributed by atoms with van der Waals surface area (Å²) in [4.78, 5) is 4.65. The van der Waals surface area contributed by atoms with Crippen LogP contribution in [0.15, 0.2) is 77.2 Å². The maximum Gasteiger partial charge on any atom is 0.307 e. The van der Waals surface area contributed by atoms with Gasteiger partial charge in [0, 0.05) is 10.8 Å². The number of rotatable bonds is 1. The third kappa shape index (κ3) is 1.48. The molecule has 3 nitrogen and oxygen atoms in total. The number of oxazole rings is 1. The van der Waals surface area contributed by atoms with E-state index in [2.05, 4.69) is 45.9 Å². The summed E-state index contributed by atoms with van der Waals surface area (Å²) < 4.78 is 8.07. The second-order valence-corrected chi connectivity index (χ2v) is 5.33. The highest BCUT2D eigenvalue weighted by Gasteiger charge is 2.15. The Bertz CT molecular complexity index is 1050. The van der Waals surface area contributed by atoms with Crippen molar-refractivity contribution in [2.45, 2.75) is 0 Å². The molecular weight excluding hydrogens is 272 g/mol. The first-order valence-corrected chi connectivity index (χ1v) is 7.26. The zero-order valence-corrected chi connectivity index (χ0v) is 11.7. The van der Waals surface area contributed by atoms with E-state index in [0.29, 0.717) is 6.01 Å². The summed E-state index contributed by atoms with van der Waals surface area (Å²) in [6.45, 7) is 0. The predicted molar refractivity (Wildman–Crippen MR) is 88.3 cm³/mol. The van der Waals surface area contributed by atoms with Crippen LogP contribution in [-0.2, 0) is 0 Å². The Kier molecular flexibility index (Phi) is 2.22. The fourth-order valence-electron chi connectivity index (χ4n) is 3.08. The van der Waals surface area contributed by atoms with Crippen LogP contribution in [0.25, 0.3) is 38.9 Å². The molecular formula is C19H12N2O. The maximum atomic E-state index is 5.98. The molecule has 0 spiro atoms. The summed E-state index contributed by atoms with van der Waals surface area (Å²) in [5.41, 5.74) is 3.89. The van der Waals surface area contributed by atoms with Crippen LogP contribution < -0.4 is 0 Å². The fraction of sp³-hybridized carbons (Fsp3) is 0. The molecule has 3 aromatic carbocycles. The minimum Gasteiger partial charge on any atom is -0.423 e. The molecule has 0 aliphatic heterocycles. The lowest BCUT2D eigenvalue weighted by Gasteiger charge is -2.00. The highest BCUT2D eigenvalue weighted by Crippen LogP contribution is 2.32. The summed E-state index contributed by atoms with van der Waals surface area (Å²) >= 11 is 0. The summed E-state index contributed by atoms with van der Waals surface area (Å²) in [6.07, 6.45) is 0. The largest absolute Gasteiger partial charge is 0.423 e. The first-order chi connectivity index (χ1) is 10.9. The number of fused-ring (bicyclic) bond motifs is 4. The Labute approximate surface area is 126 Å². The molecule has 0 radical (unpaired) electrons. The van der Waals surface area contributed by atoms with Crippen LogP contribution in [0.3, 0.4) is 0 Å². The summed E-state index contributed by atoms with van der Waals surface area (Å²) in [5, 5.41) is 2.42. The van der Waals surface area contributed by atoms with Crippen molar-refractivity contribution in [3.8, 4) is 6.01 Å². The van der Waals surface area contributed by atoms with Crippen molar-refractivity contribution < 1.29 is 4.42 Å². The third-order valence-corrected chi connectivity index (χ3v) is 4.05. The van der Waals surface area contributed by atoms with Crippen LogP contribution in [0.5, 0.6) is 0 Å². The third-order valence-electron chi connectivity index (χ3n) is 4.05. The average molecular weight is 284 g/mol. The first kappa shape index (κ1) is 11.6. The van der Waals surface area contributed by atoms with Crippen molar-refractivity contribution in [2.75, 3.05) is 0 Å².